The number of furan rings is 1. The van der Waals surface area contributed by atoms with E-state index in [9.17, 15) is 9.59 Å². The molecule has 2 amide bonds. The van der Waals surface area contributed by atoms with Crippen molar-refractivity contribution in [3.05, 3.63) is 24.2 Å². The average molecular weight is 253 g/mol. The minimum absolute atomic E-state index is 0.0309. The van der Waals surface area contributed by atoms with Gasteiger partial charge in [0.25, 0.3) is 5.91 Å². The quantitative estimate of drug-likeness (QED) is 0.596. The second-order valence-electron chi connectivity index (χ2n) is 3.98. The Bertz CT molecular complexity index is 376. The normalized spacial score (nSPS) is 11.9. The lowest BCUT2D eigenvalue weighted by molar-refractivity contribution is -0.124. The van der Waals surface area contributed by atoms with Crippen LogP contribution in [0.5, 0.6) is 0 Å². The summed E-state index contributed by atoms with van der Waals surface area (Å²) in [5.74, 6) is -0.130. The smallest absolute Gasteiger partial charge is 0.287 e. The summed E-state index contributed by atoms with van der Waals surface area (Å²) in [4.78, 5) is 23.0. The Hall–Kier alpha value is -1.82. The fourth-order valence-corrected chi connectivity index (χ4v) is 1.43. The van der Waals surface area contributed by atoms with Gasteiger partial charge in [-0.15, -0.1) is 0 Å². The number of hydrogen-bond donors (Lipinski definition) is 3. The molecule has 6 heteroatoms. The van der Waals surface area contributed by atoms with Gasteiger partial charge >= 0.3 is 0 Å². The van der Waals surface area contributed by atoms with E-state index in [1.54, 1.807) is 19.2 Å². The van der Waals surface area contributed by atoms with Crippen LogP contribution in [0.2, 0.25) is 0 Å². The Kier molecular flexibility index (Phi) is 5.93. The molecule has 0 aliphatic rings. The van der Waals surface area contributed by atoms with Crippen molar-refractivity contribution < 1.29 is 14.0 Å². The molecule has 1 aromatic heterocycles. The second-order valence-corrected chi connectivity index (χ2v) is 3.98. The highest BCUT2D eigenvalue weighted by atomic mass is 16.3. The van der Waals surface area contributed by atoms with Crippen molar-refractivity contribution in [2.24, 2.45) is 5.92 Å². The first-order valence-corrected chi connectivity index (χ1v) is 5.89. The number of hydrogen-bond acceptors (Lipinski definition) is 4. The SMILES string of the molecule is CNCC(C)C(=O)NCCNC(=O)c1ccco1. The lowest BCUT2D eigenvalue weighted by atomic mass is 10.1. The van der Waals surface area contributed by atoms with E-state index in [1.165, 1.54) is 6.26 Å². The molecule has 6 nitrogen and oxygen atoms in total. The van der Waals surface area contributed by atoms with Crippen LogP contribution >= 0.6 is 0 Å². The maximum Gasteiger partial charge on any atom is 0.287 e. The van der Waals surface area contributed by atoms with E-state index < -0.39 is 0 Å². The highest BCUT2D eigenvalue weighted by molar-refractivity contribution is 5.91. The second kappa shape index (κ2) is 7.50. The maximum atomic E-state index is 11.5. The van der Waals surface area contributed by atoms with Crippen LogP contribution in [0.4, 0.5) is 0 Å². The fourth-order valence-electron chi connectivity index (χ4n) is 1.43. The monoisotopic (exact) mass is 253 g/mol. The zero-order valence-electron chi connectivity index (χ0n) is 10.7. The third kappa shape index (κ3) is 4.58. The topological polar surface area (TPSA) is 83.4 Å². The van der Waals surface area contributed by atoms with Gasteiger partial charge < -0.3 is 20.4 Å². The van der Waals surface area contributed by atoms with E-state index in [0.717, 1.165) is 0 Å². The predicted octanol–water partition coefficient (Wildman–Crippen LogP) is -0.0189. The van der Waals surface area contributed by atoms with Gasteiger partial charge in [0, 0.05) is 25.6 Å². The van der Waals surface area contributed by atoms with Crippen molar-refractivity contribution in [1.82, 2.24) is 16.0 Å². The molecule has 18 heavy (non-hydrogen) atoms. The molecule has 0 aliphatic carbocycles. The lowest BCUT2D eigenvalue weighted by Gasteiger charge is -2.11. The molecule has 1 aromatic rings. The molecule has 1 atom stereocenters. The minimum Gasteiger partial charge on any atom is -0.459 e. The molecule has 0 radical (unpaired) electrons. The third-order valence-electron chi connectivity index (χ3n) is 2.41. The van der Waals surface area contributed by atoms with Crippen molar-refractivity contribution in [2.45, 2.75) is 6.92 Å². The Morgan fingerprint density at radius 1 is 1.33 bits per heavy atom. The third-order valence-corrected chi connectivity index (χ3v) is 2.41. The van der Waals surface area contributed by atoms with E-state index in [0.29, 0.717) is 19.6 Å². The van der Waals surface area contributed by atoms with Gasteiger partial charge in [0.2, 0.25) is 5.91 Å². The summed E-state index contributed by atoms with van der Waals surface area (Å²) in [7, 11) is 1.80. The van der Waals surface area contributed by atoms with E-state index in [4.69, 9.17) is 4.42 Å². The van der Waals surface area contributed by atoms with Crippen molar-refractivity contribution in [1.29, 1.82) is 0 Å². The lowest BCUT2D eigenvalue weighted by Crippen LogP contribution is -2.39. The van der Waals surface area contributed by atoms with Crippen LogP contribution in [-0.2, 0) is 4.79 Å². The molecular formula is C12H19N3O3. The molecule has 0 saturated carbocycles. The Labute approximate surface area is 106 Å². The van der Waals surface area contributed by atoms with Gasteiger partial charge in [-0.05, 0) is 19.2 Å². The number of amides is 2. The van der Waals surface area contributed by atoms with Gasteiger partial charge in [-0.25, -0.2) is 0 Å². The summed E-state index contributed by atoms with van der Waals surface area (Å²) >= 11 is 0. The molecule has 0 fully saturated rings. The minimum atomic E-state index is -0.280. The largest absolute Gasteiger partial charge is 0.459 e. The maximum absolute atomic E-state index is 11.5. The van der Waals surface area contributed by atoms with Crippen molar-refractivity contribution >= 4 is 11.8 Å². The Morgan fingerprint density at radius 2 is 2.06 bits per heavy atom. The summed E-state index contributed by atoms with van der Waals surface area (Å²) in [5, 5.41) is 8.32. The van der Waals surface area contributed by atoms with Crippen molar-refractivity contribution in [3.8, 4) is 0 Å². The first-order chi connectivity index (χ1) is 8.65. The molecule has 0 spiro atoms. The van der Waals surface area contributed by atoms with Crippen LogP contribution in [-0.4, -0.2) is 38.5 Å². The van der Waals surface area contributed by atoms with E-state index in [-0.39, 0.29) is 23.5 Å². The number of rotatable bonds is 7. The molecule has 3 N–H and O–H groups in total. The molecular weight excluding hydrogens is 234 g/mol. The standard InChI is InChI=1S/C12H19N3O3/c1-9(8-13-2)11(16)14-5-6-15-12(17)10-4-3-7-18-10/h3-4,7,9,13H,5-6,8H2,1-2H3,(H,14,16)(H,15,17). The van der Waals surface area contributed by atoms with E-state index in [2.05, 4.69) is 16.0 Å². The summed E-state index contributed by atoms with van der Waals surface area (Å²) in [6, 6.07) is 3.24. The van der Waals surface area contributed by atoms with E-state index >= 15 is 0 Å². The highest BCUT2D eigenvalue weighted by Crippen LogP contribution is 1.98. The molecule has 0 bridgehead atoms. The Balaban J connectivity index is 2.15. The van der Waals surface area contributed by atoms with Crippen LogP contribution in [0.1, 0.15) is 17.5 Å². The molecule has 0 aliphatic heterocycles. The number of carbonyl (C=O) groups excluding carboxylic acids is 2. The highest BCUT2D eigenvalue weighted by Gasteiger charge is 2.11. The first kappa shape index (κ1) is 14.2. The van der Waals surface area contributed by atoms with Crippen LogP contribution in [0.25, 0.3) is 0 Å². The van der Waals surface area contributed by atoms with Gasteiger partial charge in [0.15, 0.2) is 5.76 Å². The zero-order chi connectivity index (χ0) is 13.4. The van der Waals surface area contributed by atoms with E-state index in [1.807, 2.05) is 6.92 Å². The van der Waals surface area contributed by atoms with Gasteiger partial charge in [0.05, 0.1) is 6.26 Å². The van der Waals surface area contributed by atoms with Crippen LogP contribution < -0.4 is 16.0 Å². The molecule has 1 unspecified atom stereocenters. The average Bonchev–Trinajstić information content (AvgIpc) is 2.88. The molecule has 1 rings (SSSR count). The molecule has 0 saturated heterocycles. The van der Waals surface area contributed by atoms with Crippen molar-refractivity contribution in [2.75, 3.05) is 26.7 Å². The number of nitrogens with one attached hydrogen (secondary N) is 3. The van der Waals surface area contributed by atoms with Crippen LogP contribution in [0.15, 0.2) is 22.8 Å². The summed E-state index contributed by atoms with van der Waals surface area (Å²) in [5.41, 5.74) is 0. The van der Waals surface area contributed by atoms with Gasteiger partial charge in [-0.2, -0.15) is 0 Å². The van der Waals surface area contributed by atoms with Crippen molar-refractivity contribution in [3.63, 3.8) is 0 Å². The molecule has 0 aromatic carbocycles. The first-order valence-electron chi connectivity index (χ1n) is 5.89. The summed E-state index contributed by atoms with van der Waals surface area (Å²) < 4.78 is 4.94. The molecule has 100 valence electrons. The molecule has 1 heterocycles. The summed E-state index contributed by atoms with van der Waals surface area (Å²) in [6.07, 6.45) is 1.44. The zero-order valence-corrected chi connectivity index (χ0v) is 10.7. The van der Waals surface area contributed by atoms with Gasteiger partial charge in [0.1, 0.15) is 0 Å². The number of carbonyl (C=O) groups is 2. The summed E-state index contributed by atoms with van der Waals surface area (Å²) in [6.45, 7) is 3.24. The Morgan fingerprint density at radius 3 is 2.67 bits per heavy atom. The van der Waals surface area contributed by atoms with Crippen LogP contribution in [0.3, 0.4) is 0 Å². The van der Waals surface area contributed by atoms with Gasteiger partial charge in [-0.1, -0.05) is 6.92 Å². The van der Waals surface area contributed by atoms with Gasteiger partial charge in [-0.3, -0.25) is 9.59 Å². The fraction of sp³-hybridized carbons (Fsp3) is 0.500. The van der Waals surface area contributed by atoms with Crippen LogP contribution in [0, 0.1) is 5.92 Å². The predicted molar refractivity (Wildman–Crippen MR) is 67.1 cm³/mol.